The normalized spacial score (nSPS) is 12.8. The number of rotatable bonds is 6. The largest absolute Gasteiger partial charge is 0.425 e. The minimum absolute atomic E-state index is 0.0254. The summed E-state index contributed by atoms with van der Waals surface area (Å²) in [6.07, 6.45) is -0.388. The number of anilines is 1. The van der Waals surface area contributed by atoms with E-state index in [1.54, 1.807) is 6.07 Å². The zero-order valence-corrected chi connectivity index (χ0v) is 18.1. The van der Waals surface area contributed by atoms with Crippen LogP contribution in [0.1, 0.15) is 37.7 Å². The van der Waals surface area contributed by atoms with E-state index in [9.17, 15) is 31.9 Å². The van der Waals surface area contributed by atoms with Crippen LogP contribution >= 0.6 is 0 Å². The Kier molecular flexibility index (Phi) is 7.19. The van der Waals surface area contributed by atoms with Gasteiger partial charge in [0.05, 0.1) is 17.7 Å². The van der Waals surface area contributed by atoms with Crippen molar-refractivity contribution in [2.24, 2.45) is 7.05 Å². The van der Waals surface area contributed by atoms with Crippen molar-refractivity contribution in [1.82, 2.24) is 9.88 Å². The number of benzene rings is 1. The number of hydrogen-bond acceptors (Lipinski definition) is 5. The maximum atomic E-state index is 13.5. The highest BCUT2D eigenvalue weighted by molar-refractivity contribution is 6.44. The molecule has 0 saturated carbocycles. The second-order valence-electron chi connectivity index (χ2n) is 7.24. The Morgan fingerprint density at radius 3 is 2.35 bits per heavy atom. The molecule has 0 fully saturated rings. The fourth-order valence-corrected chi connectivity index (χ4v) is 3.24. The predicted molar refractivity (Wildman–Crippen MR) is 111 cm³/mol. The number of aliphatic hydroxyl groups is 1. The van der Waals surface area contributed by atoms with Crippen LogP contribution in [0.3, 0.4) is 0 Å². The van der Waals surface area contributed by atoms with Crippen molar-refractivity contribution < 1.29 is 37.1 Å². The maximum Gasteiger partial charge on any atom is 0.425 e. The highest BCUT2D eigenvalue weighted by Crippen LogP contribution is 2.30. The minimum Gasteiger partial charge on any atom is -0.393 e. The van der Waals surface area contributed by atoms with E-state index >= 15 is 0 Å². The summed E-state index contributed by atoms with van der Waals surface area (Å²) in [7, 11) is 1.38. The lowest BCUT2D eigenvalue weighted by molar-refractivity contribution is -0.189. The van der Waals surface area contributed by atoms with E-state index in [4.69, 9.17) is 16.8 Å². The molecule has 2 amide bonds. The van der Waals surface area contributed by atoms with Gasteiger partial charge in [-0.3, -0.25) is 14.4 Å². The first-order valence-corrected chi connectivity index (χ1v) is 9.43. The molecule has 0 saturated heterocycles. The van der Waals surface area contributed by atoms with Crippen molar-refractivity contribution in [3.8, 4) is 18.4 Å². The molecule has 0 radical (unpaired) electrons. The molecule has 1 unspecified atom stereocenters. The molecule has 3 N–H and O–H groups in total. The first-order chi connectivity index (χ1) is 15.7. The Balaban J connectivity index is 2.42. The number of carbonyl (C=O) groups excluding carboxylic acids is 3. The van der Waals surface area contributed by atoms with Crippen LogP contribution in [0.5, 0.6) is 0 Å². The molecule has 1 atom stereocenters. The first-order valence-electron chi connectivity index (χ1n) is 9.43. The van der Waals surface area contributed by atoms with E-state index in [1.807, 2.05) is 0 Å². The molecule has 2 rings (SSSR count). The highest BCUT2D eigenvalue weighted by atomic mass is 19.4. The number of alkyl halides is 3. The van der Waals surface area contributed by atoms with Gasteiger partial charge in [-0.2, -0.15) is 18.4 Å². The Morgan fingerprint density at radius 1 is 1.24 bits per heavy atom. The number of carbonyl (C=O) groups is 3. The third-order valence-electron chi connectivity index (χ3n) is 5.22. The second kappa shape index (κ2) is 9.37. The van der Waals surface area contributed by atoms with Gasteiger partial charge in [-0.25, -0.2) is 4.39 Å². The fourth-order valence-electron chi connectivity index (χ4n) is 3.24. The number of nitrogens with zero attached hydrogens (tertiary/aromatic N) is 2. The van der Waals surface area contributed by atoms with Crippen LogP contribution in [0, 0.1) is 43.3 Å². The average Bonchev–Trinajstić information content (AvgIpc) is 2.99. The number of nitriles is 1. The molecule has 12 heteroatoms. The molecular weight excluding hydrogens is 460 g/mol. The van der Waals surface area contributed by atoms with Gasteiger partial charge in [0.2, 0.25) is 5.54 Å². The SMILES string of the molecule is C#CC(CO)(NC(=O)C(=O)c1c(C)c(C(=O)Nc2ccc(F)c(C#N)c2)n(C)c1C)C(F)(F)F. The molecule has 178 valence electrons. The van der Waals surface area contributed by atoms with Crippen LogP contribution in [0.25, 0.3) is 0 Å². The topological polar surface area (TPSA) is 124 Å². The van der Waals surface area contributed by atoms with E-state index in [0.717, 1.165) is 12.1 Å². The van der Waals surface area contributed by atoms with Gasteiger partial charge in [-0.1, -0.05) is 5.92 Å². The summed E-state index contributed by atoms with van der Waals surface area (Å²) in [5.74, 6) is -3.46. The standard InChI is InChI=1S/C22H18F4N4O4/c1-5-21(10-31,22(24,25)26)29-20(34)18(32)16-11(2)17(30(4)12(16)3)19(33)28-14-6-7-15(23)13(8-14)9-27/h1,6-8,31H,10H2,2-4H3,(H,28,33)(H,29,34). The number of ketones is 1. The quantitative estimate of drug-likeness (QED) is 0.254. The number of terminal acetylenes is 1. The lowest BCUT2D eigenvalue weighted by Gasteiger charge is -2.29. The molecular formula is C22H18F4N4O4. The third-order valence-corrected chi connectivity index (χ3v) is 5.22. The van der Waals surface area contributed by atoms with Gasteiger partial charge < -0.3 is 20.3 Å². The summed E-state index contributed by atoms with van der Waals surface area (Å²) in [5, 5.41) is 21.9. The molecule has 0 bridgehead atoms. The van der Waals surface area contributed by atoms with E-state index < -0.39 is 41.7 Å². The number of hydrogen-bond donors (Lipinski definition) is 3. The van der Waals surface area contributed by atoms with Crippen molar-refractivity contribution in [2.45, 2.75) is 25.6 Å². The van der Waals surface area contributed by atoms with Crippen molar-refractivity contribution in [2.75, 3.05) is 11.9 Å². The Labute approximate surface area is 191 Å². The Bertz CT molecular complexity index is 1270. The molecule has 2 aromatic rings. The van der Waals surface area contributed by atoms with E-state index in [1.165, 1.54) is 42.8 Å². The summed E-state index contributed by atoms with van der Waals surface area (Å²) >= 11 is 0. The summed E-state index contributed by atoms with van der Waals surface area (Å²) < 4.78 is 54.6. The van der Waals surface area contributed by atoms with Crippen LogP contribution in [0.2, 0.25) is 0 Å². The second-order valence-corrected chi connectivity index (χ2v) is 7.24. The van der Waals surface area contributed by atoms with Gasteiger partial charge in [-0.05, 0) is 37.6 Å². The molecule has 8 nitrogen and oxygen atoms in total. The van der Waals surface area contributed by atoms with Gasteiger partial charge in [0.1, 0.15) is 17.6 Å². The van der Waals surface area contributed by atoms with E-state index in [0.29, 0.717) is 0 Å². The van der Waals surface area contributed by atoms with Gasteiger partial charge in [0.25, 0.3) is 17.6 Å². The van der Waals surface area contributed by atoms with Crippen molar-refractivity contribution >= 4 is 23.3 Å². The molecule has 1 heterocycles. The van der Waals surface area contributed by atoms with Crippen LogP contribution in [0.15, 0.2) is 18.2 Å². The number of aromatic nitrogens is 1. The van der Waals surface area contributed by atoms with Crippen LogP contribution in [0.4, 0.5) is 23.2 Å². The van der Waals surface area contributed by atoms with Crippen LogP contribution in [-0.4, -0.2) is 45.6 Å². The van der Waals surface area contributed by atoms with Crippen molar-refractivity contribution in [3.05, 3.63) is 52.1 Å². The number of aliphatic hydroxyl groups excluding tert-OH is 1. The summed E-state index contributed by atoms with van der Waals surface area (Å²) in [6, 6.07) is 4.87. The Hall–Kier alpha value is -4.16. The van der Waals surface area contributed by atoms with E-state index in [2.05, 4.69) is 5.32 Å². The van der Waals surface area contributed by atoms with Gasteiger partial charge in [-0.15, -0.1) is 6.42 Å². The molecule has 34 heavy (non-hydrogen) atoms. The molecule has 0 aliphatic rings. The first kappa shape index (κ1) is 26.1. The summed E-state index contributed by atoms with van der Waals surface area (Å²) in [6.45, 7) is 0.965. The molecule has 0 spiro atoms. The third kappa shape index (κ3) is 4.49. The smallest absolute Gasteiger partial charge is 0.393 e. The zero-order chi connectivity index (χ0) is 26.0. The highest BCUT2D eigenvalue weighted by Gasteiger charge is 2.55. The minimum atomic E-state index is -5.25. The van der Waals surface area contributed by atoms with Crippen molar-refractivity contribution in [3.63, 3.8) is 0 Å². The Morgan fingerprint density at radius 2 is 1.85 bits per heavy atom. The van der Waals surface area contributed by atoms with Crippen molar-refractivity contribution in [1.29, 1.82) is 5.26 Å². The molecule has 0 aliphatic heterocycles. The van der Waals surface area contributed by atoms with Gasteiger partial charge in [0, 0.05) is 18.4 Å². The monoisotopic (exact) mass is 478 g/mol. The molecule has 1 aromatic heterocycles. The van der Waals surface area contributed by atoms with Gasteiger partial charge in [0.15, 0.2) is 0 Å². The number of nitrogens with one attached hydrogen (secondary N) is 2. The molecule has 1 aromatic carbocycles. The maximum absolute atomic E-state index is 13.5. The number of Topliss-reactive ketones (excluding diaryl/α,β-unsaturated/α-hetero) is 1. The lowest BCUT2D eigenvalue weighted by Crippen LogP contribution is -2.61. The van der Waals surface area contributed by atoms with E-state index in [-0.39, 0.29) is 33.8 Å². The number of amides is 2. The molecule has 0 aliphatic carbocycles. The predicted octanol–water partition coefficient (Wildman–Crippen LogP) is 2.13. The zero-order valence-electron chi connectivity index (χ0n) is 18.1. The number of halogens is 4. The fraction of sp³-hybridized carbons (Fsp3) is 0.273. The average molecular weight is 478 g/mol. The lowest BCUT2D eigenvalue weighted by atomic mass is 9.99. The van der Waals surface area contributed by atoms with Crippen LogP contribution in [-0.2, 0) is 11.8 Å². The summed E-state index contributed by atoms with van der Waals surface area (Å²) in [4.78, 5) is 37.9. The van der Waals surface area contributed by atoms with Gasteiger partial charge >= 0.3 is 6.18 Å². The summed E-state index contributed by atoms with van der Waals surface area (Å²) in [5.41, 5.74) is -4.12. The van der Waals surface area contributed by atoms with Crippen LogP contribution < -0.4 is 10.6 Å².